The topological polar surface area (TPSA) is 62.3 Å². The summed E-state index contributed by atoms with van der Waals surface area (Å²) in [5.74, 6) is -0.0665. The van der Waals surface area contributed by atoms with E-state index in [0.29, 0.717) is 17.2 Å². The highest BCUT2D eigenvalue weighted by molar-refractivity contribution is 7.11. The molecule has 1 unspecified atom stereocenters. The molecular formula is C18H21N3O2S. The van der Waals surface area contributed by atoms with Crippen molar-refractivity contribution in [2.24, 2.45) is 0 Å². The number of thiazole rings is 1. The van der Waals surface area contributed by atoms with Gasteiger partial charge in [0, 0.05) is 25.0 Å². The molecule has 0 bridgehead atoms. The minimum Gasteiger partial charge on any atom is -0.350 e. The number of hydrogen-bond acceptors (Lipinski definition) is 4. The fourth-order valence-corrected chi connectivity index (χ4v) is 3.53. The van der Waals surface area contributed by atoms with E-state index in [9.17, 15) is 9.59 Å². The molecule has 6 heteroatoms. The summed E-state index contributed by atoms with van der Waals surface area (Å²) in [4.78, 5) is 30.5. The van der Waals surface area contributed by atoms with E-state index in [1.807, 2.05) is 30.3 Å². The van der Waals surface area contributed by atoms with Gasteiger partial charge >= 0.3 is 0 Å². The Labute approximate surface area is 145 Å². The molecule has 1 aliphatic rings. The monoisotopic (exact) mass is 343 g/mol. The molecule has 1 atom stereocenters. The first-order valence-electron chi connectivity index (χ1n) is 8.23. The van der Waals surface area contributed by atoms with Crippen molar-refractivity contribution >= 4 is 23.2 Å². The third-order valence-electron chi connectivity index (χ3n) is 4.25. The number of nitrogens with zero attached hydrogens (tertiary/aromatic N) is 2. The number of benzene rings is 1. The van der Waals surface area contributed by atoms with Gasteiger partial charge < -0.3 is 10.2 Å². The minimum absolute atomic E-state index is 0.0609. The fourth-order valence-electron chi connectivity index (χ4n) is 2.77. The maximum Gasteiger partial charge on any atom is 0.282 e. The Morgan fingerprint density at radius 1 is 1.25 bits per heavy atom. The zero-order chi connectivity index (χ0) is 16.9. The summed E-state index contributed by atoms with van der Waals surface area (Å²) in [5, 5.41) is 4.96. The molecule has 24 heavy (non-hydrogen) atoms. The Morgan fingerprint density at radius 3 is 2.67 bits per heavy atom. The van der Waals surface area contributed by atoms with Gasteiger partial charge in [-0.1, -0.05) is 37.3 Å². The van der Waals surface area contributed by atoms with Crippen LogP contribution in [-0.2, 0) is 0 Å². The van der Waals surface area contributed by atoms with Crippen LogP contribution in [0.5, 0.6) is 0 Å². The van der Waals surface area contributed by atoms with E-state index in [1.165, 1.54) is 16.9 Å². The lowest BCUT2D eigenvalue weighted by atomic mass is 10.0. The molecule has 0 spiro atoms. The summed E-state index contributed by atoms with van der Waals surface area (Å²) < 4.78 is 0. The summed E-state index contributed by atoms with van der Waals surface area (Å²) in [6.45, 7) is 4.18. The predicted molar refractivity (Wildman–Crippen MR) is 94.4 cm³/mol. The molecular weight excluding hydrogens is 322 g/mol. The van der Waals surface area contributed by atoms with Crippen LogP contribution in [0.4, 0.5) is 0 Å². The van der Waals surface area contributed by atoms with Gasteiger partial charge in [0.25, 0.3) is 11.8 Å². The molecule has 2 heterocycles. The van der Waals surface area contributed by atoms with Crippen molar-refractivity contribution in [2.45, 2.75) is 25.7 Å². The number of likely N-dealkylation sites (tertiary alicyclic amines) is 1. The van der Waals surface area contributed by atoms with Crippen molar-refractivity contribution in [3.63, 3.8) is 0 Å². The standard InChI is InChI=1S/C18H21N3O2S/c1-13(14-7-3-2-4-8-14)11-19-16(22)15-12-24-17(20-15)18(23)21-9-5-6-10-21/h2-4,7-8,12-13H,5-6,9-11H2,1H3,(H,19,22). The third-order valence-corrected chi connectivity index (χ3v) is 5.08. The van der Waals surface area contributed by atoms with Crippen LogP contribution in [0.1, 0.15) is 51.5 Å². The van der Waals surface area contributed by atoms with E-state index < -0.39 is 0 Å². The summed E-state index contributed by atoms with van der Waals surface area (Å²) >= 11 is 1.24. The third kappa shape index (κ3) is 3.82. The molecule has 1 saturated heterocycles. The van der Waals surface area contributed by atoms with Gasteiger partial charge in [-0.15, -0.1) is 11.3 Å². The van der Waals surface area contributed by atoms with Crippen LogP contribution in [0.2, 0.25) is 0 Å². The van der Waals surface area contributed by atoms with Crippen molar-refractivity contribution in [1.82, 2.24) is 15.2 Å². The lowest BCUT2D eigenvalue weighted by molar-refractivity contribution is 0.0792. The predicted octanol–water partition coefficient (Wildman–Crippen LogP) is 2.91. The molecule has 1 N–H and O–H groups in total. The molecule has 0 saturated carbocycles. The fraction of sp³-hybridized carbons (Fsp3) is 0.389. The second kappa shape index (κ2) is 7.57. The van der Waals surface area contributed by atoms with Crippen LogP contribution < -0.4 is 5.32 Å². The van der Waals surface area contributed by atoms with Gasteiger partial charge in [0.05, 0.1) is 0 Å². The first-order chi connectivity index (χ1) is 11.6. The van der Waals surface area contributed by atoms with Gasteiger partial charge in [0.2, 0.25) is 0 Å². The van der Waals surface area contributed by atoms with Crippen LogP contribution in [0.15, 0.2) is 35.7 Å². The van der Waals surface area contributed by atoms with Crippen LogP contribution in [0.25, 0.3) is 0 Å². The minimum atomic E-state index is -0.227. The van der Waals surface area contributed by atoms with E-state index in [0.717, 1.165) is 25.9 Å². The lowest BCUT2D eigenvalue weighted by Crippen LogP contribution is -2.29. The maximum atomic E-state index is 12.3. The molecule has 0 radical (unpaired) electrons. The Bertz CT molecular complexity index is 708. The first kappa shape index (κ1) is 16.6. The lowest BCUT2D eigenvalue weighted by Gasteiger charge is -2.13. The second-order valence-electron chi connectivity index (χ2n) is 6.06. The number of nitrogens with one attached hydrogen (secondary N) is 1. The molecule has 1 fully saturated rings. The number of hydrogen-bond donors (Lipinski definition) is 1. The van der Waals surface area contributed by atoms with Gasteiger partial charge in [-0.2, -0.15) is 0 Å². The molecule has 2 amide bonds. The quantitative estimate of drug-likeness (QED) is 0.908. The highest BCUT2D eigenvalue weighted by atomic mass is 32.1. The molecule has 1 aromatic heterocycles. The molecule has 2 aromatic rings. The molecule has 126 valence electrons. The SMILES string of the molecule is CC(CNC(=O)c1csc(C(=O)N2CCCC2)n1)c1ccccc1. The van der Waals surface area contributed by atoms with Crippen LogP contribution in [-0.4, -0.2) is 41.3 Å². The maximum absolute atomic E-state index is 12.3. The van der Waals surface area contributed by atoms with Crippen molar-refractivity contribution < 1.29 is 9.59 Å². The Kier molecular flexibility index (Phi) is 5.25. The number of rotatable bonds is 5. The van der Waals surface area contributed by atoms with Gasteiger partial charge in [-0.3, -0.25) is 9.59 Å². The van der Waals surface area contributed by atoms with Gasteiger partial charge in [-0.05, 0) is 24.3 Å². The van der Waals surface area contributed by atoms with E-state index in [1.54, 1.807) is 10.3 Å². The molecule has 3 rings (SSSR count). The second-order valence-corrected chi connectivity index (χ2v) is 6.92. The van der Waals surface area contributed by atoms with Gasteiger partial charge in [0.15, 0.2) is 5.01 Å². The summed E-state index contributed by atoms with van der Waals surface area (Å²) in [6, 6.07) is 10.1. The Hall–Kier alpha value is -2.21. The summed E-state index contributed by atoms with van der Waals surface area (Å²) in [7, 11) is 0. The molecule has 0 aliphatic carbocycles. The average Bonchev–Trinajstić information content (AvgIpc) is 3.31. The van der Waals surface area contributed by atoms with Crippen LogP contribution in [0, 0.1) is 0 Å². The zero-order valence-electron chi connectivity index (χ0n) is 13.7. The van der Waals surface area contributed by atoms with Crippen molar-refractivity contribution in [2.75, 3.05) is 19.6 Å². The highest BCUT2D eigenvalue weighted by Gasteiger charge is 2.23. The van der Waals surface area contributed by atoms with E-state index in [-0.39, 0.29) is 17.7 Å². The van der Waals surface area contributed by atoms with Crippen molar-refractivity contribution in [3.05, 3.63) is 52.0 Å². The zero-order valence-corrected chi connectivity index (χ0v) is 14.5. The average molecular weight is 343 g/mol. The number of carbonyl (C=O) groups excluding carboxylic acids is 2. The van der Waals surface area contributed by atoms with Crippen LogP contribution >= 0.6 is 11.3 Å². The van der Waals surface area contributed by atoms with Crippen molar-refractivity contribution in [1.29, 1.82) is 0 Å². The number of amides is 2. The highest BCUT2D eigenvalue weighted by Crippen LogP contribution is 2.17. The number of carbonyl (C=O) groups is 2. The van der Waals surface area contributed by atoms with Crippen molar-refractivity contribution in [3.8, 4) is 0 Å². The largest absolute Gasteiger partial charge is 0.350 e. The van der Waals surface area contributed by atoms with Gasteiger partial charge in [-0.25, -0.2) is 4.98 Å². The molecule has 5 nitrogen and oxygen atoms in total. The van der Waals surface area contributed by atoms with Gasteiger partial charge in [0.1, 0.15) is 5.69 Å². The summed E-state index contributed by atoms with van der Waals surface area (Å²) in [6.07, 6.45) is 2.09. The Morgan fingerprint density at radius 2 is 1.96 bits per heavy atom. The van der Waals surface area contributed by atoms with E-state index >= 15 is 0 Å². The van der Waals surface area contributed by atoms with E-state index in [2.05, 4.69) is 17.2 Å². The molecule has 1 aliphatic heterocycles. The smallest absolute Gasteiger partial charge is 0.282 e. The summed E-state index contributed by atoms with van der Waals surface area (Å²) in [5.41, 5.74) is 1.50. The van der Waals surface area contributed by atoms with E-state index in [4.69, 9.17) is 0 Å². The Balaban J connectivity index is 1.56. The number of aromatic nitrogens is 1. The first-order valence-corrected chi connectivity index (χ1v) is 9.11. The normalized spacial score (nSPS) is 15.3. The molecule has 1 aromatic carbocycles. The van der Waals surface area contributed by atoms with Crippen LogP contribution in [0.3, 0.4) is 0 Å².